The van der Waals surface area contributed by atoms with Gasteiger partial charge in [0.15, 0.2) is 23.8 Å². The molecule has 47 nitrogen and oxygen atoms in total. The Morgan fingerprint density at radius 2 is 0.603 bits per heavy atom. The Balaban J connectivity index is 2.75. The molecule has 47 heteroatoms. The van der Waals surface area contributed by atoms with E-state index in [1.54, 1.807) is 41.5 Å². The Morgan fingerprint density at radius 3 is 0.913 bits per heavy atom. The summed E-state index contributed by atoms with van der Waals surface area (Å²) in [7, 11) is 0. The molecule has 0 heterocycles. The number of carboxylic acid groups (broad SMARTS) is 1. The van der Waals surface area contributed by atoms with E-state index in [4.69, 9.17) is 56.0 Å². The molecular formula is C79H135N27O20. The van der Waals surface area contributed by atoms with Gasteiger partial charge in [-0.05, 0) is 163 Å². The van der Waals surface area contributed by atoms with Crippen molar-refractivity contribution in [3.8, 4) is 11.5 Å². The first-order valence-corrected chi connectivity index (χ1v) is 41.7. The molecule has 706 valence electrons. The van der Waals surface area contributed by atoms with Crippen LogP contribution in [0.2, 0.25) is 0 Å². The van der Waals surface area contributed by atoms with Crippen LogP contribution >= 0.6 is 0 Å². The van der Waals surface area contributed by atoms with Gasteiger partial charge in [-0.1, -0.05) is 65.8 Å². The molecule has 0 saturated carbocycles. The van der Waals surface area contributed by atoms with Crippen molar-refractivity contribution in [2.24, 2.45) is 52.2 Å². The third kappa shape index (κ3) is 43.7. The van der Waals surface area contributed by atoms with Gasteiger partial charge in [-0.2, -0.15) is 0 Å². The number of carbonyl (C=O) groups excluding carboxylic acids is 13. The van der Waals surface area contributed by atoms with Gasteiger partial charge in [0, 0.05) is 39.0 Å². The molecule has 0 radical (unpaired) electrons. The summed E-state index contributed by atoms with van der Waals surface area (Å²) in [6, 6.07) is -10.9. The van der Waals surface area contributed by atoms with Gasteiger partial charge < -0.3 is 155 Å². The summed E-state index contributed by atoms with van der Waals surface area (Å²) < 4.78 is 0. The SMILES string of the molecule is CC(C)C[C@H](NC(=O)[C@@H](NC(=O)[C@H](CO)NC(=O)[C@H](CCCNC(=N)N)NC(=O)[C@H](C)NC(=O)[C@H](CC(C)C)NC(=O)[C@H](CCCNC(=N)N)NC(=O)[C@H](CCCNC(=N)N)NC(=O)[C@H](Cc1ccc(O)cc1)NC(=O)[C@H](Cc1ccc(O)cc1)NC(=O)[C@H](CCCCN)NC(=O)[C@H](CCCNC(=N)N)NC(=O)[C@H](CC(C)C)NC(=O)[C@@H](N)CO)[C@@H](C)O)C(=O)O. The number of aliphatic hydroxyl groups is 3. The zero-order valence-corrected chi connectivity index (χ0v) is 72.6. The lowest BCUT2D eigenvalue weighted by Crippen LogP contribution is -2.61. The van der Waals surface area contributed by atoms with Crippen LogP contribution in [0.1, 0.15) is 156 Å². The highest BCUT2D eigenvalue weighted by molar-refractivity contribution is 6.00. The monoisotopic (exact) mass is 1780 g/mol. The molecule has 2 rings (SSSR count). The number of phenolic OH excluding ortho intramolecular Hbond substituents is 2. The standard InChI is InChI=1S/C79H135N27O20/c1-40(2)33-55(69(119)94-43(7)62(112)95-51(16-11-29-90-76(82)83)68(118)105-60(39-108)73(123)106-61(44(8)109)74(124)104-59(75(125)126)35-42(5)6)101-67(117)54(19-14-32-93-79(88)89)97-65(115)53(18-13-31-92-78(86)87)99-71(121)57(36-45-20-24-47(110)25-21-45)103-72(122)58(37-46-22-26-48(111)27-23-46)102-66(116)50(15-9-10-28-80)96-64(114)52(17-12-30-91-77(84)85)98-70(120)56(34-41(3)4)100-63(113)49(81)38-107/h20-27,40-44,49-61,107-111H,9-19,28-39,80-81H2,1-8H3,(H,94,119)(H,95,112)(H,96,114)(H,97,115)(H,98,120)(H,99,121)(H,100,113)(H,101,117)(H,102,116)(H,103,122)(H,104,124)(H,105,118)(H,106,123)(H,125,126)(H4,82,83,90)(H4,84,85,91)(H4,86,87,92)(H4,88,89,93)/t43-,44+,49-,50-,51-,52-,53-,54-,55-,56-,57-,58-,59-,60-,61-/m0/s1. The van der Waals surface area contributed by atoms with Gasteiger partial charge >= 0.3 is 5.97 Å². The highest BCUT2D eigenvalue weighted by Gasteiger charge is 2.39. The average Bonchev–Trinajstić information content (AvgIpc) is 0.774. The molecule has 15 atom stereocenters. The molecule has 0 bridgehead atoms. The van der Waals surface area contributed by atoms with Crippen LogP contribution in [0, 0.1) is 39.4 Å². The van der Waals surface area contributed by atoms with Crippen LogP contribution in [0.4, 0.5) is 0 Å². The van der Waals surface area contributed by atoms with Gasteiger partial charge in [-0.3, -0.25) is 84.0 Å². The average molecular weight is 1780 g/mol. The van der Waals surface area contributed by atoms with E-state index in [0.717, 1.165) is 6.92 Å². The summed E-state index contributed by atoms with van der Waals surface area (Å²) in [4.78, 5) is 199. The smallest absolute Gasteiger partial charge is 0.326 e. The van der Waals surface area contributed by atoms with Crippen LogP contribution in [0.25, 0.3) is 0 Å². The molecular weight excluding hydrogens is 1650 g/mol. The van der Waals surface area contributed by atoms with E-state index >= 15 is 14.4 Å². The van der Waals surface area contributed by atoms with E-state index in [1.807, 2.05) is 0 Å². The number of phenols is 2. The number of benzene rings is 2. The van der Waals surface area contributed by atoms with Crippen molar-refractivity contribution >= 4 is 107 Å². The van der Waals surface area contributed by atoms with Crippen LogP contribution < -0.4 is 125 Å². The molecule has 0 aliphatic carbocycles. The summed E-state index contributed by atoms with van der Waals surface area (Å²) in [5.74, 6) is -17.3. The summed E-state index contributed by atoms with van der Waals surface area (Å²) >= 11 is 0. The molecule has 0 aromatic heterocycles. The molecule has 0 unspecified atom stereocenters. The van der Waals surface area contributed by atoms with Crippen molar-refractivity contribution in [3.63, 3.8) is 0 Å². The number of aromatic hydroxyl groups is 2. The van der Waals surface area contributed by atoms with Gasteiger partial charge in [0.05, 0.1) is 19.3 Å². The number of hydrogen-bond acceptors (Lipinski definition) is 25. The fourth-order valence-corrected chi connectivity index (χ4v) is 12.5. The number of carbonyl (C=O) groups is 14. The number of amides is 13. The predicted molar refractivity (Wildman–Crippen MR) is 464 cm³/mol. The Bertz CT molecular complexity index is 3920. The molecule has 0 aliphatic heterocycles. The number of nitrogens with two attached hydrogens (primary N) is 6. The normalized spacial score (nSPS) is 14.7. The van der Waals surface area contributed by atoms with Gasteiger partial charge in [0.25, 0.3) is 0 Å². The third-order valence-corrected chi connectivity index (χ3v) is 19.2. The Labute approximate surface area is 731 Å². The minimum absolute atomic E-state index is 0.000169. The second-order valence-corrected chi connectivity index (χ2v) is 31.8. The van der Waals surface area contributed by atoms with Crippen molar-refractivity contribution in [1.29, 1.82) is 21.6 Å². The second-order valence-electron chi connectivity index (χ2n) is 31.8. The van der Waals surface area contributed by atoms with Gasteiger partial charge in [-0.25, -0.2) is 4.79 Å². The van der Waals surface area contributed by atoms with Crippen LogP contribution in [0.15, 0.2) is 48.5 Å². The van der Waals surface area contributed by atoms with Crippen molar-refractivity contribution in [2.45, 2.75) is 249 Å². The second kappa shape index (κ2) is 57.8. The number of guanidine groups is 4. The molecule has 2 aromatic carbocycles. The van der Waals surface area contributed by atoms with E-state index in [0.29, 0.717) is 17.5 Å². The number of aliphatic carboxylic acids is 1. The molecule has 2 aromatic rings. The van der Waals surface area contributed by atoms with E-state index < -0.39 is 211 Å². The molecule has 39 N–H and O–H groups in total. The highest BCUT2D eigenvalue weighted by Crippen LogP contribution is 2.18. The molecule has 0 spiro atoms. The molecule has 0 aliphatic rings. The number of hydrogen-bond donors (Lipinski definition) is 33. The van der Waals surface area contributed by atoms with E-state index in [-0.39, 0.29) is 158 Å². The highest BCUT2D eigenvalue weighted by atomic mass is 16.4. The first kappa shape index (κ1) is 110. The quantitative estimate of drug-likeness (QED) is 0.0166. The van der Waals surface area contributed by atoms with Crippen LogP contribution in [0.5, 0.6) is 11.5 Å². The number of rotatable bonds is 60. The largest absolute Gasteiger partial charge is 0.508 e. The maximum absolute atomic E-state index is 15.3. The van der Waals surface area contributed by atoms with E-state index in [2.05, 4.69) is 90.4 Å². The van der Waals surface area contributed by atoms with Gasteiger partial charge in [0.2, 0.25) is 76.8 Å². The van der Waals surface area contributed by atoms with Crippen LogP contribution in [-0.2, 0) is 80.0 Å². The lowest BCUT2D eigenvalue weighted by atomic mass is 10.00. The van der Waals surface area contributed by atoms with Gasteiger partial charge in [-0.15, -0.1) is 0 Å². The number of nitrogens with one attached hydrogen (secondary N) is 21. The zero-order chi connectivity index (χ0) is 95.0. The maximum Gasteiger partial charge on any atom is 0.326 e. The summed E-state index contributed by atoms with van der Waals surface area (Å²) in [6.45, 7) is 10.9. The maximum atomic E-state index is 15.3. The third-order valence-electron chi connectivity index (χ3n) is 19.2. The summed E-state index contributed by atoms with van der Waals surface area (Å²) in [5, 5.41) is 135. The first-order valence-electron chi connectivity index (χ1n) is 41.7. The molecule has 13 amide bonds. The lowest BCUT2D eigenvalue weighted by molar-refractivity contribution is -0.143. The predicted octanol–water partition coefficient (Wildman–Crippen LogP) is -7.70. The zero-order valence-electron chi connectivity index (χ0n) is 72.6. The van der Waals surface area contributed by atoms with E-state index in [1.165, 1.54) is 55.5 Å². The van der Waals surface area contributed by atoms with Gasteiger partial charge in [0.1, 0.15) is 96.1 Å². The van der Waals surface area contributed by atoms with Crippen LogP contribution in [-0.4, -0.2) is 274 Å². The molecule has 126 heavy (non-hydrogen) atoms. The summed E-state index contributed by atoms with van der Waals surface area (Å²) in [5.41, 5.74) is 34.5. The fourth-order valence-electron chi connectivity index (χ4n) is 12.5. The van der Waals surface area contributed by atoms with E-state index in [9.17, 15) is 83.4 Å². The lowest BCUT2D eigenvalue weighted by Gasteiger charge is -2.29. The minimum Gasteiger partial charge on any atom is -0.508 e. The Kier molecular flexibility index (Phi) is 50.3. The number of carboxylic acids is 1. The topological polar surface area (TPSA) is 816 Å². The fraction of sp³-hybridized carbons (Fsp3) is 0.620. The minimum atomic E-state index is -1.86. The van der Waals surface area contributed by atoms with Crippen LogP contribution in [0.3, 0.4) is 0 Å². The molecule has 0 fully saturated rings. The van der Waals surface area contributed by atoms with Crippen molar-refractivity contribution in [2.75, 3.05) is 45.9 Å². The van der Waals surface area contributed by atoms with Crippen molar-refractivity contribution in [3.05, 3.63) is 59.7 Å². The van der Waals surface area contributed by atoms with Crippen molar-refractivity contribution in [1.82, 2.24) is 90.4 Å². The Morgan fingerprint density at radius 1 is 0.333 bits per heavy atom. The Hall–Kier alpha value is -12.5. The number of unbranched alkanes of at least 4 members (excludes halogenated alkanes) is 1. The number of aliphatic hydroxyl groups excluding tert-OH is 3. The van der Waals surface area contributed by atoms with Crippen molar-refractivity contribution < 1.29 is 97.8 Å². The summed E-state index contributed by atoms with van der Waals surface area (Å²) in [6.07, 6.45) is -2.81. The molecule has 0 saturated heterocycles. The first-order chi connectivity index (χ1) is 59.3.